The number of hydrogen-bond acceptors (Lipinski definition) is 4. The Morgan fingerprint density at radius 3 is 2.88 bits per heavy atom. The van der Waals surface area contributed by atoms with Crippen molar-refractivity contribution >= 4 is 11.5 Å². The Morgan fingerprint density at radius 1 is 1.32 bits per heavy atom. The van der Waals surface area contributed by atoms with Crippen LogP contribution in [0, 0.1) is 0 Å². The first-order chi connectivity index (χ1) is 12.3. The van der Waals surface area contributed by atoms with Gasteiger partial charge in [0.2, 0.25) is 5.91 Å². The number of para-hydroxylation sites is 1. The van der Waals surface area contributed by atoms with Crippen molar-refractivity contribution in [1.29, 1.82) is 0 Å². The summed E-state index contributed by atoms with van der Waals surface area (Å²) >= 11 is 0. The van der Waals surface area contributed by atoms with Crippen LogP contribution in [0.15, 0.2) is 48.8 Å². The van der Waals surface area contributed by atoms with Gasteiger partial charge >= 0.3 is 0 Å². The maximum atomic E-state index is 11.9. The molecule has 2 heterocycles. The molecule has 1 N–H and O–H groups in total. The van der Waals surface area contributed by atoms with Crippen molar-refractivity contribution in [2.24, 2.45) is 0 Å². The molecule has 0 unspecified atom stereocenters. The first-order valence-corrected chi connectivity index (χ1v) is 8.54. The van der Waals surface area contributed by atoms with E-state index in [4.69, 9.17) is 4.74 Å². The number of amides is 1. The van der Waals surface area contributed by atoms with Crippen molar-refractivity contribution in [3.8, 4) is 5.69 Å². The molecule has 6 nitrogen and oxygen atoms in total. The number of rotatable bonds is 7. The summed E-state index contributed by atoms with van der Waals surface area (Å²) in [7, 11) is 1.63. The number of benzene rings is 1. The molecule has 0 bridgehead atoms. The Bertz CT molecular complexity index is 724. The van der Waals surface area contributed by atoms with Crippen molar-refractivity contribution in [2.45, 2.75) is 6.42 Å². The zero-order valence-electron chi connectivity index (χ0n) is 14.5. The molecule has 1 aliphatic heterocycles. The first-order valence-electron chi connectivity index (χ1n) is 8.54. The van der Waals surface area contributed by atoms with Gasteiger partial charge in [-0.15, -0.1) is 0 Å². The summed E-state index contributed by atoms with van der Waals surface area (Å²) in [5.41, 5.74) is 3.49. The third-order valence-electron chi connectivity index (χ3n) is 4.26. The molecular weight excluding hydrogens is 316 g/mol. The fraction of sp³-hybridized carbons (Fsp3) is 0.368. The minimum Gasteiger partial charge on any atom is -0.383 e. The Labute approximate surface area is 148 Å². The van der Waals surface area contributed by atoms with Gasteiger partial charge in [0, 0.05) is 38.5 Å². The van der Waals surface area contributed by atoms with E-state index in [1.54, 1.807) is 7.11 Å². The van der Waals surface area contributed by atoms with Crippen molar-refractivity contribution in [2.75, 3.05) is 39.9 Å². The highest BCUT2D eigenvalue weighted by Crippen LogP contribution is 2.22. The predicted molar refractivity (Wildman–Crippen MR) is 97.5 cm³/mol. The van der Waals surface area contributed by atoms with E-state index >= 15 is 0 Å². The lowest BCUT2D eigenvalue weighted by Crippen LogP contribution is -2.40. The molecule has 1 aromatic heterocycles. The smallest absolute Gasteiger partial charge is 0.234 e. The second-order valence-corrected chi connectivity index (χ2v) is 6.07. The summed E-state index contributed by atoms with van der Waals surface area (Å²) in [5, 5.41) is 7.31. The number of aromatic nitrogens is 2. The van der Waals surface area contributed by atoms with E-state index in [1.807, 2.05) is 41.2 Å². The minimum absolute atomic E-state index is 0.0470. The van der Waals surface area contributed by atoms with Crippen LogP contribution in [-0.2, 0) is 9.53 Å². The molecule has 3 rings (SSSR count). The van der Waals surface area contributed by atoms with Gasteiger partial charge in [0.25, 0.3) is 0 Å². The maximum Gasteiger partial charge on any atom is 0.234 e. The molecule has 0 atom stereocenters. The Morgan fingerprint density at radius 2 is 2.16 bits per heavy atom. The summed E-state index contributed by atoms with van der Waals surface area (Å²) < 4.78 is 6.83. The monoisotopic (exact) mass is 340 g/mol. The number of carbonyl (C=O) groups excluding carboxylic acids is 1. The highest BCUT2D eigenvalue weighted by molar-refractivity contribution is 5.78. The Kier molecular flexibility index (Phi) is 5.98. The van der Waals surface area contributed by atoms with Crippen LogP contribution in [0.5, 0.6) is 0 Å². The third kappa shape index (κ3) is 4.78. The lowest BCUT2D eigenvalue weighted by atomic mass is 10.0. The quantitative estimate of drug-likeness (QED) is 0.780. The molecule has 1 aliphatic rings. The fourth-order valence-electron chi connectivity index (χ4n) is 2.88. The number of nitrogens with zero attached hydrogens (tertiary/aromatic N) is 3. The van der Waals surface area contributed by atoms with E-state index in [1.165, 1.54) is 5.57 Å². The van der Waals surface area contributed by atoms with Gasteiger partial charge in [-0.25, -0.2) is 4.68 Å². The van der Waals surface area contributed by atoms with E-state index in [0.29, 0.717) is 19.7 Å². The van der Waals surface area contributed by atoms with Crippen LogP contribution in [0.3, 0.4) is 0 Å². The minimum atomic E-state index is 0.0470. The first kappa shape index (κ1) is 17.4. The normalized spacial score (nSPS) is 15.0. The van der Waals surface area contributed by atoms with Gasteiger partial charge in [-0.2, -0.15) is 5.10 Å². The van der Waals surface area contributed by atoms with Gasteiger partial charge < -0.3 is 10.1 Å². The summed E-state index contributed by atoms with van der Waals surface area (Å²) in [5.74, 6) is 0.0470. The molecular formula is C19H24N4O2. The number of methoxy groups -OCH3 is 1. The van der Waals surface area contributed by atoms with Crippen LogP contribution in [0.2, 0.25) is 0 Å². The summed E-state index contributed by atoms with van der Waals surface area (Å²) in [6, 6.07) is 10.1. The predicted octanol–water partition coefficient (Wildman–Crippen LogP) is 1.72. The molecule has 25 heavy (non-hydrogen) atoms. The molecule has 1 aromatic carbocycles. The number of hydrogen-bond donors (Lipinski definition) is 1. The van der Waals surface area contributed by atoms with Crippen LogP contribution in [0.4, 0.5) is 0 Å². The van der Waals surface area contributed by atoms with E-state index in [0.717, 1.165) is 30.8 Å². The topological polar surface area (TPSA) is 59.4 Å². The molecule has 0 spiro atoms. The van der Waals surface area contributed by atoms with Gasteiger partial charge in [-0.1, -0.05) is 24.3 Å². The summed E-state index contributed by atoms with van der Waals surface area (Å²) in [6.45, 7) is 3.19. The fourth-order valence-corrected chi connectivity index (χ4v) is 2.88. The van der Waals surface area contributed by atoms with Crippen LogP contribution < -0.4 is 5.32 Å². The van der Waals surface area contributed by atoms with Gasteiger partial charge in [0.05, 0.1) is 25.0 Å². The lowest BCUT2D eigenvalue weighted by Gasteiger charge is -2.25. The maximum absolute atomic E-state index is 11.9. The molecule has 0 radical (unpaired) electrons. The second kappa shape index (κ2) is 8.60. The highest BCUT2D eigenvalue weighted by Gasteiger charge is 2.16. The van der Waals surface area contributed by atoms with Crippen molar-refractivity contribution in [3.05, 3.63) is 54.4 Å². The Hall–Kier alpha value is -2.44. The molecule has 0 saturated heterocycles. The van der Waals surface area contributed by atoms with Gasteiger partial charge in [-0.3, -0.25) is 9.69 Å². The van der Waals surface area contributed by atoms with Crippen LogP contribution in [0.1, 0.15) is 12.0 Å². The van der Waals surface area contributed by atoms with Crippen LogP contribution >= 0.6 is 0 Å². The average molecular weight is 340 g/mol. The zero-order valence-corrected chi connectivity index (χ0v) is 14.5. The molecule has 1 amide bonds. The SMILES string of the molecule is COCCNC(=O)CN1CC=C(c2cnn(-c3ccccc3)c2)CC1. The second-order valence-electron chi connectivity index (χ2n) is 6.07. The third-order valence-corrected chi connectivity index (χ3v) is 4.26. The summed E-state index contributed by atoms with van der Waals surface area (Å²) in [4.78, 5) is 14.0. The van der Waals surface area contributed by atoms with Crippen molar-refractivity contribution < 1.29 is 9.53 Å². The number of carbonyl (C=O) groups is 1. The largest absolute Gasteiger partial charge is 0.383 e. The average Bonchev–Trinajstić information content (AvgIpc) is 3.13. The standard InChI is InChI=1S/C19H24N4O2/c1-25-12-9-20-19(24)15-22-10-7-16(8-11-22)17-13-21-23(14-17)18-5-3-2-4-6-18/h2-7,13-14H,8-12,15H2,1H3,(H,20,24). The summed E-state index contributed by atoms with van der Waals surface area (Å²) in [6.07, 6.45) is 7.09. The van der Waals surface area contributed by atoms with Gasteiger partial charge in [-0.05, 0) is 24.1 Å². The van der Waals surface area contributed by atoms with E-state index in [-0.39, 0.29) is 5.91 Å². The van der Waals surface area contributed by atoms with Crippen LogP contribution in [0.25, 0.3) is 11.3 Å². The highest BCUT2D eigenvalue weighted by atomic mass is 16.5. The molecule has 0 aliphatic carbocycles. The molecule has 132 valence electrons. The van der Waals surface area contributed by atoms with E-state index < -0.39 is 0 Å². The van der Waals surface area contributed by atoms with E-state index in [2.05, 4.69) is 27.6 Å². The molecule has 0 saturated carbocycles. The van der Waals surface area contributed by atoms with E-state index in [9.17, 15) is 4.79 Å². The number of nitrogens with one attached hydrogen (secondary N) is 1. The number of ether oxygens (including phenoxy) is 1. The molecule has 6 heteroatoms. The van der Waals surface area contributed by atoms with Gasteiger partial charge in [0.15, 0.2) is 0 Å². The van der Waals surface area contributed by atoms with Crippen LogP contribution in [-0.4, -0.2) is 60.5 Å². The zero-order chi connectivity index (χ0) is 17.5. The van der Waals surface area contributed by atoms with Gasteiger partial charge in [0.1, 0.15) is 0 Å². The Balaban J connectivity index is 1.55. The van der Waals surface area contributed by atoms with Crippen molar-refractivity contribution in [1.82, 2.24) is 20.0 Å². The lowest BCUT2D eigenvalue weighted by molar-refractivity contribution is -0.122. The molecule has 0 fully saturated rings. The molecule has 2 aromatic rings. The van der Waals surface area contributed by atoms with Crippen molar-refractivity contribution in [3.63, 3.8) is 0 Å².